The molecule has 1 aliphatic rings. The zero-order valence-corrected chi connectivity index (χ0v) is 11.0. The topological polar surface area (TPSA) is 59.6 Å². The van der Waals surface area contributed by atoms with Crippen LogP contribution in [0.5, 0.6) is 0 Å². The maximum Gasteiger partial charge on any atom is 0.221 e. The highest BCUT2D eigenvalue weighted by Crippen LogP contribution is 2.04. The lowest BCUT2D eigenvalue weighted by atomic mass is 10.1. The second kappa shape index (κ2) is 6.93. The average molecular weight is 244 g/mol. The Balaban J connectivity index is 2.01. The van der Waals surface area contributed by atoms with Crippen LogP contribution in [0, 0.1) is 0 Å². The summed E-state index contributed by atoms with van der Waals surface area (Å²) in [5, 5.41) is 6.16. The highest BCUT2D eigenvalue weighted by Gasteiger charge is 2.15. The number of hydrogen-bond donors (Lipinski definition) is 2. The molecule has 17 heavy (non-hydrogen) atoms. The molecule has 1 aliphatic heterocycles. The molecule has 0 aliphatic carbocycles. The van der Waals surface area contributed by atoms with E-state index in [9.17, 15) is 4.79 Å². The summed E-state index contributed by atoms with van der Waals surface area (Å²) < 4.78 is 10.5. The van der Waals surface area contributed by atoms with E-state index in [-0.39, 0.29) is 17.6 Å². The number of nitrogens with one attached hydrogen (secondary N) is 2. The van der Waals surface area contributed by atoms with E-state index in [0.29, 0.717) is 19.8 Å². The van der Waals surface area contributed by atoms with Crippen LogP contribution in [0.3, 0.4) is 0 Å². The van der Waals surface area contributed by atoms with Gasteiger partial charge in [0.2, 0.25) is 5.91 Å². The zero-order chi connectivity index (χ0) is 12.7. The van der Waals surface area contributed by atoms with Crippen LogP contribution in [0.25, 0.3) is 0 Å². The second-order valence-corrected chi connectivity index (χ2v) is 5.36. The minimum Gasteiger partial charge on any atom is -0.355 e. The van der Waals surface area contributed by atoms with Crippen molar-refractivity contribution in [3.05, 3.63) is 0 Å². The number of hydrogen-bond acceptors (Lipinski definition) is 4. The van der Waals surface area contributed by atoms with Crippen LogP contribution >= 0.6 is 0 Å². The fourth-order valence-electron chi connectivity index (χ4n) is 1.61. The van der Waals surface area contributed by atoms with E-state index in [0.717, 1.165) is 19.6 Å². The summed E-state index contributed by atoms with van der Waals surface area (Å²) in [6, 6.07) is 0. The van der Waals surface area contributed by atoms with Crippen LogP contribution in [0.15, 0.2) is 0 Å². The van der Waals surface area contributed by atoms with E-state index in [1.54, 1.807) is 0 Å². The van der Waals surface area contributed by atoms with Crippen LogP contribution in [-0.4, -0.2) is 44.0 Å². The SMILES string of the molecule is CC(C)(C)NC(=O)CCNCC1CCOCO1. The van der Waals surface area contributed by atoms with E-state index < -0.39 is 0 Å². The first-order valence-electron chi connectivity index (χ1n) is 6.18. The lowest BCUT2D eigenvalue weighted by Gasteiger charge is -2.23. The minimum absolute atomic E-state index is 0.0814. The molecule has 0 radical (unpaired) electrons. The van der Waals surface area contributed by atoms with Gasteiger partial charge in [0, 0.05) is 25.0 Å². The van der Waals surface area contributed by atoms with Crippen LogP contribution in [0.4, 0.5) is 0 Å². The molecule has 1 heterocycles. The van der Waals surface area contributed by atoms with Gasteiger partial charge in [0.15, 0.2) is 0 Å². The summed E-state index contributed by atoms with van der Waals surface area (Å²) in [4.78, 5) is 11.5. The van der Waals surface area contributed by atoms with Crippen molar-refractivity contribution < 1.29 is 14.3 Å². The number of carbonyl (C=O) groups is 1. The summed E-state index contributed by atoms with van der Waals surface area (Å²) in [6.45, 7) is 8.55. The number of amides is 1. The molecule has 1 rings (SSSR count). The molecule has 0 aromatic rings. The molecule has 0 aromatic heterocycles. The van der Waals surface area contributed by atoms with E-state index in [2.05, 4.69) is 10.6 Å². The molecule has 1 amide bonds. The number of carbonyl (C=O) groups excluding carboxylic acids is 1. The molecular weight excluding hydrogens is 220 g/mol. The van der Waals surface area contributed by atoms with Gasteiger partial charge in [0.1, 0.15) is 6.79 Å². The van der Waals surface area contributed by atoms with Gasteiger partial charge in [-0.1, -0.05) is 0 Å². The smallest absolute Gasteiger partial charge is 0.221 e. The van der Waals surface area contributed by atoms with Gasteiger partial charge in [-0.3, -0.25) is 4.79 Å². The fraction of sp³-hybridized carbons (Fsp3) is 0.917. The van der Waals surface area contributed by atoms with Gasteiger partial charge in [-0.2, -0.15) is 0 Å². The lowest BCUT2D eigenvalue weighted by molar-refractivity contribution is -0.137. The molecule has 0 spiro atoms. The second-order valence-electron chi connectivity index (χ2n) is 5.36. The van der Waals surface area contributed by atoms with Gasteiger partial charge >= 0.3 is 0 Å². The number of rotatable bonds is 5. The third-order valence-electron chi connectivity index (χ3n) is 2.39. The molecule has 1 saturated heterocycles. The minimum atomic E-state index is -0.152. The monoisotopic (exact) mass is 244 g/mol. The Kier molecular flexibility index (Phi) is 5.88. The van der Waals surface area contributed by atoms with Crippen molar-refractivity contribution in [2.24, 2.45) is 0 Å². The molecule has 5 nitrogen and oxygen atoms in total. The van der Waals surface area contributed by atoms with Crippen molar-refractivity contribution in [2.45, 2.75) is 45.3 Å². The third kappa shape index (κ3) is 7.31. The Hall–Kier alpha value is -0.650. The predicted octanol–water partition coefficient (Wildman–Crippen LogP) is 0.644. The third-order valence-corrected chi connectivity index (χ3v) is 2.39. The first-order chi connectivity index (χ1) is 7.97. The molecule has 0 saturated carbocycles. The van der Waals surface area contributed by atoms with Crippen LogP contribution < -0.4 is 10.6 Å². The molecule has 2 N–H and O–H groups in total. The van der Waals surface area contributed by atoms with Gasteiger partial charge in [0.05, 0.1) is 12.7 Å². The highest BCUT2D eigenvalue weighted by atomic mass is 16.7. The van der Waals surface area contributed by atoms with Crippen molar-refractivity contribution in [3.8, 4) is 0 Å². The maximum atomic E-state index is 11.5. The summed E-state index contributed by atoms with van der Waals surface area (Å²) in [5.41, 5.74) is -0.152. The number of ether oxygens (including phenoxy) is 2. The molecule has 5 heteroatoms. The van der Waals surface area contributed by atoms with E-state index >= 15 is 0 Å². The zero-order valence-electron chi connectivity index (χ0n) is 11.0. The Morgan fingerprint density at radius 1 is 1.41 bits per heavy atom. The van der Waals surface area contributed by atoms with Crippen molar-refractivity contribution in [3.63, 3.8) is 0 Å². The Morgan fingerprint density at radius 3 is 2.76 bits per heavy atom. The Labute approximate surface area is 103 Å². The molecule has 1 fully saturated rings. The standard InChI is InChI=1S/C12H24N2O3/c1-12(2,3)14-11(15)4-6-13-8-10-5-7-16-9-17-10/h10,13H,4-9H2,1-3H3,(H,14,15). The van der Waals surface area contributed by atoms with Crippen LogP contribution in [-0.2, 0) is 14.3 Å². The predicted molar refractivity (Wildman–Crippen MR) is 65.7 cm³/mol. The van der Waals surface area contributed by atoms with E-state index in [1.165, 1.54) is 0 Å². The summed E-state index contributed by atoms with van der Waals surface area (Å²) in [7, 11) is 0. The van der Waals surface area contributed by atoms with Crippen LogP contribution in [0.2, 0.25) is 0 Å². The highest BCUT2D eigenvalue weighted by molar-refractivity contribution is 5.76. The van der Waals surface area contributed by atoms with Crippen molar-refractivity contribution >= 4 is 5.91 Å². The van der Waals surface area contributed by atoms with Gasteiger partial charge in [-0.05, 0) is 27.2 Å². The fourth-order valence-corrected chi connectivity index (χ4v) is 1.61. The molecule has 0 bridgehead atoms. The maximum absolute atomic E-state index is 11.5. The van der Waals surface area contributed by atoms with E-state index in [4.69, 9.17) is 9.47 Å². The van der Waals surface area contributed by atoms with Crippen LogP contribution in [0.1, 0.15) is 33.6 Å². The van der Waals surface area contributed by atoms with E-state index in [1.807, 2.05) is 20.8 Å². The molecule has 100 valence electrons. The Morgan fingerprint density at radius 2 is 2.18 bits per heavy atom. The summed E-state index contributed by atoms with van der Waals surface area (Å²) in [5.74, 6) is 0.0814. The summed E-state index contributed by atoms with van der Waals surface area (Å²) in [6.07, 6.45) is 1.64. The van der Waals surface area contributed by atoms with Gasteiger partial charge in [0.25, 0.3) is 0 Å². The lowest BCUT2D eigenvalue weighted by Crippen LogP contribution is -2.42. The van der Waals surface area contributed by atoms with Gasteiger partial charge in [-0.15, -0.1) is 0 Å². The molecule has 1 unspecified atom stereocenters. The quantitative estimate of drug-likeness (QED) is 0.697. The normalized spacial score (nSPS) is 21.2. The molecule has 0 aromatic carbocycles. The van der Waals surface area contributed by atoms with Gasteiger partial charge in [-0.25, -0.2) is 0 Å². The Bertz CT molecular complexity index is 232. The van der Waals surface area contributed by atoms with Crippen molar-refractivity contribution in [2.75, 3.05) is 26.5 Å². The summed E-state index contributed by atoms with van der Waals surface area (Å²) >= 11 is 0. The largest absolute Gasteiger partial charge is 0.355 e. The van der Waals surface area contributed by atoms with Crippen molar-refractivity contribution in [1.82, 2.24) is 10.6 Å². The molecule has 1 atom stereocenters. The first kappa shape index (κ1) is 14.4. The molecular formula is C12H24N2O3. The van der Waals surface area contributed by atoms with Crippen molar-refractivity contribution in [1.29, 1.82) is 0 Å². The average Bonchev–Trinajstić information content (AvgIpc) is 2.23. The van der Waals surface area contributed by atoms with Gasteiger partial charge < -0.3 is 20.1 Å². The first-order valence-corrected chi connectivity index (χ1v) is 6.18.